The Balaban J connectivity index is 1.66. The van der Waals surface area contributed by atoms with E-state index in [0.29, 0.717) is 30.6 Å². The van der Waals surface area contributed by atoms with E-state index in [2.05, 4.69) is 15.1 Å². The molecule has 1 fully saturated rings. The lowest BCUT2D eigenvalue weighted by atomic mass is 9.99. The second-order valence-electron chi connectivity index (χ2n) is 5.22. The second-order valence-corrected chi connectivity index (χ2v) is 5.22. The van der Waals surface area contributed by atoms with Crippen molar-refractivity contribution in [2.24, 2.45) is 5.73 Å². The van der Waals surface area contributed by atoms with Crippen LogP contribution in [-0.2, 0) is 11.3 Å². The number of hydrogen-bond acceptors (Lipinski definition) is 7. The van der Waals surface area contributed by atoms with Crippen molar-refractivity contribution in [3.8, 4) is 11.7 Å². The first-order valence-corrected chi connectivity index (χ1v) is 7.13. The highest BCUT2D eigenvalue weighted by Gasteiger charge is 2.28. The number of hydrogen-bond donors (Lipinski definition) is 1. The summed E-state index contributed by atoms with van der Waals surface area (Å²) in [5.41, 5.74) is 5.87. The Bertz CT molecular complexity index is 554. The number of nitrogens with zero attached hydrogens (tertiary/aromatic N) is 3. The maximum Gasteiger partial charge on any atom is 0.283 e. The fraction of sp³-hybridized carbons (Fsp3) is 0.571. The predicted molar refractivity (Wildman–Crippen MR) is 75.3 cm³/mol. The molecule has 0 spiro atoms. The number of nitrogens with two attached hydrogens (primary N) is 1. The average Bonchev–Trinajstić information content (AvgIpc) is 3.18. The van der Waals surface area contributed by atoms with Gasteiger partial charge in [-0.15, -0.1) is 10.2 Å². The molecule has 0 bridgehead atoms. The van der Waals surface area contributed by atoms with Crippen LogP contribution in [0.5, 0.6) is 0 Å². The minimum absolute atomic E-state index is 0.280. The Morgan fingerprint density at radius 3 is 3.10 bits per heavy atom. The van der Waals surface area contributed by atoms with Gasteiger partial charge in [-0.2, -0.15) is 0 Å². The molecule has 7 nitrogen and oxygen atoms in total. The molecular formula is C14H20N4O3. The van der Waals surface area contributed by atoms with Gasteiger partial charge >= 0.3 is 0 Å². The van der Waals surface area contributed by atoms with E-state index in [9.17, 15) is 0 Å². The van der Waals surface area contributed by atoms with E-state index in [1.54, 1.807) is 25.5 Å². The summed E-state index contributed by atoms with van der Waals surface area (Å²) in [7, 11) is 1.75. The molecule has 2 aromatic rings. The summed E-state index contributed by atoms with van der Waals surface area (Å²) in [6.07, 6.45) is 3.80. The van der Waals surface area contributed by atoms with Crippen LogP contribution in [0.1, 0.15) is 18.7 Å². The first-order valence-electron chi connectivity index (χ1n) is 7.13. The molecule has 21 heavy (non-hydrogen) atoms. The fourth-order valence-electron chi connectivity index (χ4n) is 2.72. The highest BCUT2D eigenvalue weighted by molar-refractivity contribution is 5.42. The van der Waals surface area contributed by atoms with Crippen LogP contribution in [0.3, 0.4) is 0 Å². The molecule has 2 atom stereocenters. The first kappa shape index (κ1) is 14.2. The van der Waals surface area contributed by atoms with Crippen molar-refractivity contribution in [1.29, 1.82) is 0 Å². The molecular weight excluding hydrogens is 272 g/mol. The van der Waals surface area contributed by atoms with Crippen LogP contribution in [-0.4, -0.2) is 47.4 Å². The molecule has 1 saturated heterocycles. The van der Waals surface area contributed by atoms with Gasteiger partial charge in [0.25, 0.3) is 5.89 Å². The maximum atomic E-state index is 5.87. The lowest BCUT2D eigenvalue weighted by Crippen LogP contribution is -2.48. The Morgan fingerprint density at radius 1 is 1.48 bits per heavy atom. The maximum absolute atomic E-state index is 5.87. The van der Waals surface area contributed by atoms with Gasteiger partial charge in [0.1, 0.15) is 0 Å². The molecule has 2 aromatic heterocycles. The molecule has 0 aromatic carbocycles. The number of piperidine rings is 1. The van der Waals surface area contributed by atoms with Gasteiger partial charge in [0.05, 0.1) is 18.9 Å². The van der Waals surface area contributed by atoms with Crippen molar-refractivity contribution in [3.05, 3.63) is 24.3 Å². The number of aromatic nitrogens is 2. The monoisotopic (exact) mass is 292 g/mol. The molecule has 3 heterocycles. The first-order chi connectivity index (χ1) is 10.3. The van der Waals surface area contributed by atoms with Crippen molar-refractivity contribution in [2.75, 3.05) is 20.2 Å². The highest BCUT2D eigenvalue weighted by atomic mass is 16.5. The standard InChI is InChI=1S/C14H20N4O3/c1-19-11-4-5-18(10(7-11)8-15)9-13-16-17-14(21-13)12-3-2-6-20-12/h2-3,6,10-11H,4-5,7-9,15H2,1H3. The number of likely N-dealkylation sites (tertiary alicyclic amines) is 1. The summed E-state index contributed by atoms with van der Waals surface area (Å²) < 4.78 is 16.3. The third-order valence-electron chi connectivity index (χ3n) is 3.93. The van der Waals surface area contributed by atoms with Gasteiger partial charge in [0, 0.05) is 26.2 Å². The van der Waals surface area contributed by atoms with E-state index in [-0.39, 0.29) is 12.1 Å². The van der Waals surface area contributed by atoms with Crippen LogP contribution >= 0.6 is 0 Å². The van der Waals surface area contributed by atoms with Crippen LogP contribution in [0.4, 0.5) is 0 Å². The van der Waals surface area contributed by atoms with E-state index < -0.39 is 0 Å². The van der Waals surface area contributed by atoms with Gasteiger partial charge < -0.3 is 19.3 Å². The lowest BCUT2D eigenvalue weighted by Gasteiger charge is -2.37. The molecule has 0 aliphatic carbocycles. The fourth-order valence-corrected chi connectivity index (χ4v) is 2.72. The summed E-state index contributed by atoms with van der Waals surface area (Å²) in [5.74, 6) is 1.57. The third kappa shape index (κ3) is 3.15. The Hall–Kier alpha value is -1.70. The summed E-state index contributed by atoms with van der Waals surface area (Å²) in [5, 5.41) is 8.10. The van der Waals surface area contributed by atoms with Gasteiger partial charge in [-0.3, -0.25) is 4.90 Å². The molecule has 1 aliphatic heterocycles. The van der Waals surface area contributed by atoms with E-state index in [1.807, 2.05) is 0 Å². The molecule has 3 rings (SSSR count). The largest absolute Gasteiger partial charge is 0.459 e. The Morgan fingerprint density at radius 2 is 2.38 bits per heavy atom. The Labute approximate surface area is 123 Å². The van der Waals surface area contributed by atoms with Gasteiger partial charge in [0.2, 0.25) is 5.89 Å². The van der Waals surface area contributed by atoms with Gasteiger partial charge in [-0.25, -0.2) is 0 Å². The normalized spacial score (nSPS) is 23.5. The molecule has 0 radical (unpaired) electrons. The minimum Gasteiger partial charge on any atom is -0.459 e. The summed E-state index contributed by atoms with van der Waals surface area (Å²) in [4.78, 5) is 2.27. The third-order valence-corrected chi connectivity index (χ3v) is 3.93. The SMILES string of the molecule is COC1CCN(Cc2nnc(-c3ccco3)o2)C(CN)C1. The molecule has 0 amide bonds. The van der Waals surface area contributed by atoms with Gasteiger partial charge in [-0.05, 0) is 25.0 Å². The lowest BCUT2D eigenvalue weighted by molar-refractivity contribution is 0.00740. The number of ether oxygens (including phenoxy) is 1. The van der Waals surface area contributed by atoms with Crippen molar-refractivity contribution >= 4 is 0 Å². The summed E-state index contributed by atoms with van der Waals surface area (Å²) in [6, 6.07) is 3.87. The van der Waals surface area contributed by atoms with Crippen LogP contribution in [0.15, 0.2) is 27.2 Å². The topological polar surface area (TPSA) is 90.5 Å². The van der Waals surface area contributed by atoms with Crippen LogP contribution in [0, 0.1) is 0 Å². The van der Waals surface area contributed by atoms with Crippen molar-refractivity contribution in [1.82, 2.24) is 15.1 Å². The van der Waals surface area contributed by atoms with Gasteiger partial charge in [0.15, 0.2) is 5.76 Å². The van der Waals surface area contributed by atoms with E-state index in [0.717, 1.165) is 19.4 Å². The summed E-state index contributed by atoms with van der Waals surface area (Å²) in [6.45, 7) is 2.11. The zero-order chi connectivity index (χ0) is 14.7. The predicted octanol–water partition coefficient (Wildman–Crippen LogP) is 1.27. The molecule has 2 unspecified atom stereocenters. The number of methoxy groups -OCH3 is 1. The zero-order valence-electron chi connectivity index (χ0n) is 12.1. The second kappa shape index (κ2) is 6.38. The number of rotatable bonds is 5. The minimum atomic E-state index is 0.280. The number of furan rings is 1. The van der Waals surface area contributed by atoms with Crippen molar-refractivity contribution < 1.29 is 13.6 Å². The Kier molecular flexibility index (Phi) is 4.33. The molecule has 1 aliphatic rings. The van der Waals surface area contributed by atoms with Crippen molar-refractivity contribution in [2.45, 2.75) is 31.5 Å². The van der Waals surface area contributed by atoms with Crippen LogP contribution in [0.2, 0.25) is 0 Å². The highest BCUT2D eigenvalue weighted by Crippen LogP contribution is 2.23. The van der Waals surface area contributed by atoms with E-state index in [1.165, 1.54) is 0 Å². The summed E-state index contributed by atoms with van der Waals surface area (Å²) >= 11 is 0. The van der Waals surface area contributed by atoms with E-state index >= 15 is 0 Å². The van der Waals surface area contributed by atoms with Crippen molar-refractivity contribution in [3.63, 3.8) is 0 Å². The van der Waals surface area contributed by atoms with Gasteiger partial charge in [-0.1, -0.05) is 0 Å². The van der Waals surface area contributed by atoms with Crippen LogP contribution in [0.25, 0.3) is 11.7 Å². The smallest absolute Gasteiger partial charge is 0.283 e. The molecule has 114 valence electrons. The molecule has 0 saturated carbocycles. The zero-order valence-corrected chi connectivity index (χ0v) is 12.1. The van der Waals surface area contributed by atoms with E-state index in [4.69, 9.17) is 19.3 Å². The average molecular weight is 292 g/mol. The molecule has 7 heteroatoms. The van der Waals surface area contributed by atoms with Crippen LogP contribution < -0.4 is 5.73 Å². The molecule has 2 N–H and O–H groups in total. The quantitative estimate of drug-likeness (QED) is 0.887.